The van der Waals surface area contributed by atoms with Crippen LogP contribution in [-0.2, 0) is 0 Å². The molecule has 2 aromatic carbocycles. The SMILES string of the molecule is Cc1ccc(-c2ccc(N)c(C)c2F)cc1. The smallest absolute Gasteiger partial charge is 0.135 e. The van der Waals surface area contributed by atoms with Gasteiger partial charge in [0, 0.05) is 16.8 Å². The molecule has 0 fully saturated rings. The second-order valence-corrected chi connectivity index (χ2v) is 4.01. The number of hydrogen-bond acceptors (Lipinski definition) is 1. The van der Waals surface area contributed by atoms with Gasteiger partial charge in [-0.2, -0.15) is 0 Å². The molecule has 0 aliphatic heterocycles. The van der Waals surface area contributed by atoms with E-state index in [-0.39, 0.29) is 5.82 Å². The molecular weight excluding hydrogens is 201 g/mol. The third-order valence-electron chi connectivity index (χ3n) is 2.79. The molecular formula is C14H14FN. The maximum absolute atomic E-state index is 14.0. The summed E-state index contributed by atoms with van der Waals surface area (Å²) in [7, 11) is 0. The van der Waals surface area contributed by atoms with Crippen LogP contribution in [0.3, 0.4) is 0 Å². The van der Waals surface area contributed by atoms with E-state index in [1.807, 2.05) is 31.2 Å². The van der Waals surface area contributed by atoms with Gasteiger partial charge in [-0.1, -0.05) is 29.8 Å². The van der Waals surface area contributed by atoms with Crippen molar-refractivity contribution >= 4 is 5.69 Å². The van der Waals surface area contributed by atoms with Gasteiger partial charge in [-0.05, 0) is 31.5 Å². The summed E-state index contributed by atoms with van der Waals surface area (Å²) in [6.07, 6.45) is 0. The molecule has 0 bridgehead atoms. The van der Waals surface area contributed by atoms with E-state index >= 15 is 0 Å². The molecule has 2 aromatic rings. The Kier molecular flexibility index (Phi) is 2.65. The van der Waals surface area contributed by atoms with Crippen LogP contribution < -0.4 is 5.73 Å². The fourth-order valence-electron chi connectivity index (χ4n) is 1.66. The zero-order valence-corrected chi connectivity index (χ0v) is 9.42. The molecule has 0 aliphatic rings. The monoisotopic (exact) mass is 215 g/mol. The van der Waals surface area contributed by atoms with Gasteiger partial charge in [0.05, 0.1) is 0 Å². The van der Waals surface area contributed by atoms with Gasteiger partial charge in [0.2, 0.25) is 0 Å². The molecule has 1 nitrogen and oxygen atoms in total. The summed E-state index contributed by atoms with van der Waals surface area (Å²) in [5.41, 5.74) is 9.31. The summed E-state index contributed by atoms with van der Waals surface area (Å²) in [5.74, 6) is -0.233. The molecule has 0 heterocycles. The largest absolute Gasteiger partial charge is 0.398 e. The molecule has 2 N–H and O–H groups in total. The molecule has 16 heavy (non-hydrogen) atoms. The number of benzene rings is 2. The number of nitrogen functional groups attached to an aromatic ring is 1. The molecule has 2 heteroatoms. The maximum atomic E-state index is 14.0. The van der Waals surface area contributed by atoms with E-state index in [2.05, 4.69) is 0 Å². The Labute approximate surface area is 94.7 Å². The van der Waals surface area contributed by atoms with Crippen LogP contribution in [0.2, 0.25) is 0 Å². The van der Waals surface area contributed by atoms with Crippen molar-refractivity contribution in [1.82, 2.24) is 0 Å². The Bertz CT molecular complexity index is 515. The molecule has 0 amide bonds. The van der Waals surface area contributed by atoms with Crippen molar-refractivity contribution in [3.05, 3.63) is 53.3 Å². The van der Waals surface area contributed by atoms with E-state index in [0.29, 0.717) is 16.8 Å². The van der Waals surface area contributed by atoms with Crippen LogP contribution in [-0.4, -0.2) is 0 Å². The van der Waals surface area contributed by atoms with Gasteiger partial charge >= 0.3 is 0 Å². The zero-order chi connectivity index (χ0) is 11.7. The highest BCUT2D eigenvalue weighted by Gasteiger charge is 2.09. The van der Waals surface area contributed by atoms with Crippen molar-refractivity contribution in [2.24, 2.45) is 0 Å². The third kappa shape index (κ3) is 1.78. The lowest BCUT2D eigenvalue weighted by Crippen LogP contribution is -1.95. The van der Waals surface area contributed by atoms with Crippen molar-refractivity contribution in [2.75, 3.05) is 5.73 Å². The standard InChI is InChI=1S/C14H14FN/c1-9-3-5-11(6-4-9)12-7-8-13(16)10(2)14(12)15/h3-8H,16H2,1-2H3. The van der Waals surface area contributed by atoms with Gasteiger partial charge in [-0.15, -0.1) is 0 Å². The van der Waals surface area contributed by atoms with Crippen molar-refractivity contribution in [2.45, 2.75) is 13.8 Å². The highest BCUT2D eigenvalue weighted by atomic mass is 19.1. The van der Waals surface area contributed by atoms with Crippen LogP contribution in [0.15, 0.2) is 36.4 Å². The van der Waals surface area contributed by atoms with Crippen molar-refractivity contribution in [3.63, 3.8) is 0 Å². The number of anilines is 1. The van der Waals surface area contributed by atoms with E-state index in [1.54, 1.807) is 19.1 Å². The lowest BCUT2D eigenvalue weighted by Gasteiger charge is -2.08. The van der Waals surface area contributed by atoms with Crippen molar-refractivity contribution in [3.8, 4) is 11.1 Å². The first kappa shape index (κ1) is 10.7. The number of aryl methyl sites for hydroxylation is 1. The number of rotatable bonds is 1. The Balaban J connectivity index is 2.57. The van der Waals surface area contributed by atoms with Crippen LogP contribution in [0.1, 0.15) is 11.1 Å². The Morgan fingerprint density at radius 2 is 1.56 bits per heavy atom. The molecule has 0 saturated carbocycles. The van der Waals surface area contributed by atoms with E-state index in [4.69, 9.17) is 5.73 Å². The quantitative estimate of drug-likeness (QED) is 0.721. The summed E-state index contributed by atoms with van der Waals surface area (Å²) in [6, 6.07) is 11.3. The predicted octanol–water partition coefficient (Wildman–Crippen LogP) is 3.69. The highest BCUT2D eigenvalue weighted by Crippen LogP contribution is 2.27. The van der Waals surface area contributed by atoms with Gasteiger partial charge < -0.3 is 5.73 Å². The first-order valence-corrected chi connectivity index (χ1v) is 5.21. The maximum Gasteiger partial charge on any atom is 0.135 e. The minimum Gasteiger partial charge on any atom is -0.398 e. The van der Waals surface area contributed by atoms with Gasteiger partial charge in [0.1, 0.15) is 5.82 Å². The van der Waals surface area contributed by atoms with Crippen LogP contribution in [0, 0.1) is 19.7 Å². The van der Waals surface area contributed by atoms with Crippen LogP contribution >= 0.6 is 0 Å². The van der Waals surface area contributed by atoms with Gasteiger partial charge in [0.15, 0.2) is 0 Å². The molecule has 0 aromatic heterocycles. The Morgan fingerprint density at radius 1 is 0.938 bits per heavy atom. The minimum absolute atomic E-state index is 0.233. The molecule has 0 radical (unpaired) electrons. The summed E-state index contributed by atoms with van der Waals surface area (Å²) in [4.78, 5) is 0. The number of hydrogen-bond donors (Lipinski definition) is 1. The summed E-state index contributed by atoms with van der Waals surface area (Å²) in [5, 5.41) is 0. The zero-order valence-electron chi connectivity index (χ0n) is 9.42. The second-order valence-electron chi connectivity index (χ2n) is 4.01. The average molecular weight is 215 g/mol. The minimum atomic E-state index is -0.233. The van der Waals surface area contributed by atoms with Crippen LogP contribution in [0.4, 0.5) is 10.1 Å². The molecule has 0 unspecified atom stereocenters. The third-order valence-corrected chi connectivity index (χ3v) is 2.79. The molecule has 82 valence electrons. The van der Waals surface area contributed by atoms with E-state index < -0.39 is 0 Å². The number of nitrogens with two attached hydrogens (primary N) is 1. The fourth-order valence-corrected chi connectivity index (χ4v) is 1.66. The molecule has 0 saturated heterocycles. The molecule has 0 aliphatic carbocycles. The summed E-state index contributed by atoms with van der Waals surface area (Å²) >= 11 is 0. The lowest BCUT2D eigenvalue weighted by atomic mass is 10.0. The van der Waals surface area contributed by atoms with Gasteiger partial charge in [0.25, 0.3) is 0 Å². The first-order valence-electron chi connectivity index (χ1n) is 5.21. The van der Waals surface area contributed by atoms with E-state index in [9.17, 15) is 4.39 Å². The summed E-state index contributed by atoms with van der Waals surface area (Å²) < 4.78 is 14.0. The van der Waals surface area contributed by atoms with E-state index in [1.165, 1.54) is 0 Å². The first-order chi connectivity index (χ1) is 7.59. The Morgan fingerprint density at radius 3 is 2.19 bits per heavy atom. The highest BCUT2D eigenvalue weighted by molar-refractivity contribution is 5.68. The fraction of sp³-hybridized carbons (Fsp3) is 0.143. The Hall–Kier alpha value is -1.83. The lowest BCUT2D eigenvalue weighted by molar-refractivity contribution is 0.623. The number of halogens is 1. The normalized spacial score (nSPS) is 10.4. The summed E-state index contributed by atoms with van der Waals surface area (Å²) in [6.45, 7) is 3.71. The van der Waals surface area contributed by atoms with Gasteiger partial charge in [-0.3, -0.25) is 0 Å². The topological polar surface area (TPSA) is 26.0 Å². The molecule has 0 spiro atoms. The van der Waals surface area contributed by atoms with Gasteiger partial charge in [-0.25, -0.2) is 4.39 Å². The van der Waals surface area contributed by atoms with Crippen molar-refractivity contribution < 1.29 is 4.39 Å². The van der Waals surface area contributed by atoms with E-state index in [0.717, 1.165) is 11.1 Å². The second kappa shape index (κ2) is 3.97. The van der Waals surface area contributed by atoms with Crippen LogP contribution in [0.5, 0.6) is 0 Å². The van der Waals surface area contributed by atoms with Crippen LogP contribution in [0.25, 0.3) is 11.1 Å². The molecule has 0 atom stereocenters. The molecule has 2 rings (SSSR count). The van der Waals surface area contributed by atoms with Crippen molar-refractivity contribution in [1.29, 1.82) is 0 Å². The predicted molar refractivity (Wildman–Crippen MR) is 65.7 cm³/mol. The average Bonchev–Trinajstić information content (AvgIpc) is 2.28.